The summed E-state index contributed by atoms with van der Waals surface area (Å²) >= 11 is 0. The zero-order valence-corrected chi connectivity index (χ0v) is 11.7. The van der Waals surface area contributed by atoms with E-state index in [1.807, 2.05) is 6.92 Å². The third-order valence-electron chi connectivity index (χ3n) is 4.72. The maximum absolute atomic E-state index is 12.6. The molecule has 0 aromatic carbocycles. The number of aromatic nitrogens is 2. The van der Waals surface area contributed by atoms with E-state index in [4.69, 9.17) is 0 Å². The highest BCUT2D eigenvalue weighted by Gasteiger charge is 2.39. The van der Waals surface area contributed by atoms with Gasteiger partial charge in [-0.1, -0.05) is 6.42 Å². The van der Waals surface area contributed by atoms with Crippen LogP contribution in [0.4, 0.5) is 0 Å². The molecule has 0 aliphatic carbocycles. The summed E-state index contributed by atoms with van der Waals surface area (Å²) in [5, 5.41) is 0. The number of hydrogen-bond acceptors (Lipinski definition) is 4. The van der Waals surface area contributed by atoms with Crippen molar-refractivity contribution in [1.29, 1.82) is 0 Å². The van der Waals surface area contributed by atoms with E-state index in [1.54, 1.807) is 12.4 Å². The van der Waals surface area contributed by atoms with Gasteiger partial charge in [-0.05, 0) is 39.7 Å². The third-order valence-corrected chi connectivity index (χ3v) is 4.72. The molecule has 2 aliphatic heterocycles. The molecule has 4 heteroatoms. The second-order valence-electron chi connectivity index (χ2n) is 5.98. The Morgan fingerprint density at radius 3 is 2.58 bits per heavy atom. The number of rotatable bonds is 2. The van der Waals surface area contributed by atoms with Gasteiger partial charge in [0, 0.05) is 24.2 Å². The van der Waals surface area contributed by atoms with Gasteiger partial charge in [0.1, 0.15) is 5.69 Å². The highest BCUT2D eigenvalue weighted by Crippen LogP contribution is 2.36. The van der Waals surface area contributed by atoms with Crippen molar-refractivity contribution < 1.29 is 4.79 Å². The van der Waals surface area contributed by atoms with Crippen molar-refractivity contribution in [1.82, 2.24) is 14.9 Å². The van der Waals surface area contributed by atoms with Gasteiger partial charge < -0.3 is 4.90 Å². The normalized spacial score (nSPS) is 31.2. The van der Waals surface area contributed by atoms with Crippen LogP contribution in [0.2, 0.25) is 0 Å². The zero-order valence-electron chi connectivity index (χ0n) is 11.7. The van der Waals surface area contributed by atoms with Crippen LogP contribution in [0.3, 0.4) is 0 Å². The quantitative estimate of drug-likeness (QED) is 0.764. The van der Waals surface area contributed by atoms with Crippen molar-refractivity contribution in [2.45, 2.75) is 51.1 Å². The van der Waals surface area contributed by atoms with Crippen molar-refractivity contribution in [3.05, 3.63) is 23.8 Å². The molecular weight excluding hydrogens is 238 g/mol. The van der Waals surface area contributed by atoms with Gasteiger partial charge >= 0.3 is 0 Å². The standard InChI is InChI=1S/C15H21N3O/c1-10-8-16-9-14(17-10)15(19)11-6-12-4-3-5-13(7-11)18(12)2/h8-9,11-13H,3-7H2,1-2H3. The molecule has 1 aromatic heterocycles. The first-order valence-electron chi connectivity index (χ1n) is 7.20. The van der Waals surface area contributed by atoms with Crippen molar-refractivity contribution in [2.24, 2.45) is 5.92 Å². The number of Topliss-reactive ketones (excluding diaryl/α,β-unsaturated/α-hetero) is 1. The first kappa shape index (κ1) is 12.7. The molecule has 3 heterocycles. The number of fused-ring (bicyclic) bond motifs is 2. The fraction of sp³-hybridized carbons (Fsp3) is 0.667. The minimum absolute atomic E-state index is 0.141. The van der Waals surface area contributed by atoms with E-state index in [9.17, 15) is 4.79 Å². The molecule has 2 unspecified atom stereocenters. The van der Waals surface area contributed by atoms with Crippen LogP contribution in [0.1, 0.15) is 48.3 Å². The van der Waals surface area contributed by atoms with Crippen molar-refractivity contribution in [2.75, 3.05) is 7.05 Å². The Morgan fingerprint density at radius 2 is 1.95 bits per heavy atom. The number of hydrogen-bond donors (Lipinski definition) is 0. The largest absolute Gasteiger partial charge is 0.300 e. The maximum atomic E-state index is 12.6. The van der Waals surface area contributed by atoms with Crippen LogP contribution in [-0.4, -0.2) is 39.8 Å². The topological polar surface area (TPSA) is 46.1 Å². The molecule has 2 aliphatic rings. The van der Waals surface area contributed by atoms with Crippen LogP contribution < -0.4 is 0 Å². The van der Waals surface area contributed by atoms with Crippen LogP contribution in [0.5, 0.6) is 0 Å². The van der Waals surface area contributed by atoms with Gasteiger partial charge in [0.2, 0.25) is 0 Å². The molecule has 0 spiro atoms. The van der Waals surface area contributed by atoms with E-state index in [0.717, 1.165) is 18.5 Å². The van der Waals surface area contributed by atoms with Crippen LogP contribution >= 0.6 is 0 Å². The van der Waals surface area contributed by atoms with Gasteiger partial charge in [-0.15, -0.1) is 0 Å². The summed E-state index contributed by atoms with van der Waals surface area (Å²) in [5.41, 5.74) is 1.37. The first-order valence-corrected chi connectivity index (χ1v) is 7.20. The summed E-state index contributed by atoms with van der Waals surface area (Å²) in [6, 6.07) is 1.17. The SMILES string of the molecule is Cc1cncc(C(=O)C2CC3CCCC(C2)N3C)n1. The number of carbonyl (C=O) groups excluding carboxylic acids is 1. The lowest BCUT2D eigenvalue weighted by molar-refractivity contribution is 0.0336. The van der Waals surface area contributed by atoms with Crippen molar-refractivity contribution >= 4 is 5.78 Å². The Kier molecular flexibility index (Phi) is 3.35. The molecule has 0 N–H and O–H groups in total. The molecule has 0 saturated carbocycles. The summed E-state index contributed by atoms with van der Waals surface area (Å²) in [6.45, 7) is 1.88. The number of aryl methyl sites for hydroxylation is 1. The number of piperidine rings is 2. The Morgan fingerprint density at radius 1 is 1.26 bits per heavy atom. The van der Waals surface area contributed by atoms with Crippen LogP contribution in [0.25, 0.3) is 0 Å². The highest BCUT2D eigenvalue weighted by atomic mass is 16.1. The van der Waals surface area contributed by atoms with Crippen molar-refractivity contribution in [3.63, 3.8) is 0 Å². The lowest BCUT2D eigenvalue weighted by Crippen LogP contribution is -2.51. The molecular formula is C15H21N3O. The summed E-state index contributed by atoms with van der Waals surface area (Å²) < 4.78 is 0. The molecule has 102 valence electrons. The van der Waals surface area contributed by atoms with Gasteiger partial charge in [0.15, 0.2) is 5.78 Å². The van der Waals surface area contributed by atoms with E-state index in [-0.39, 0.29) is 11.7 Å². The van der Waals surface area contributed by atoms with E-state index in [2.05, 4.69) is 21.9 Å². The molecule has 0 amide bonds. The Bertz CT molecular complexity index is 474. The average molecular weight is 259 g/mol. The number of nitrogens with zero attached hydrogens (tertiary/aromatic N) is 3. The van der Waals surface area contributed by atoms with E-state index in [0.29, 0.717) is 17.8 Å². The second kappa shape index (κ2) is 5.00. The first-order chi connectivity index (χ1) is 9.15. The smallest absolute Gasteiger partial charge is 0.185 e. The third kappa shape index (κ3) is 2.41. The predicted octanol–water partition coefficient (Wildman–Crippen LogP) is 2.23. The molecule has 2 saturated heterocycles. The van der Waals surface area contributed by atoms with Crippen LogP contribution in [-0.2, 0) is 0 Å². The number of ketones is 1. The van der Waals surface area contributed by atoms with E-state index < -0.39 is 0 Å². The summed E-state index contributed by atoms with van der Waals surface area (Å²) in [4.78, 5) is 23.5. The van der Waals surface area contributed by atoms with Gasteiger partial charge in [-0.25, -0.2) is 4.98 Å². The monoisotopic (exact) mass is 259 g/mol. The maximum Gasteiger partial charge on any atom is 0.185 e. The Hall–Kier alpha value is -1.29. The molecule has 4 nitrogen and oxygen atoms in total. The fourth-order valence-electron chi connectivity index (χ4n) is 3.62. The zero-order chi connectivity index (χ0) is 13.4. The molecule has 1 aromatic rings. The van der Waals surface area contributed by atoms with Crippen molar-refractivity contribution in [3.8, 4) is 0 Å². The lowest BCUT2D eigenvalue weighted by atomic mass is 9.76. The number of carbonyl (C=O) groups is 1. The van der Waals surface area contributed by atoms with Gasteiger partial charge in [0.25, 0.3) is 0 Å². The second-order valence-corrected chi connectivity index (χ2v) is 5.98. The van der Waals surface area contributed by atoms with E-state index in [1.165, 1.54) is 19.3 Å². The predicted molar refractivity (Wildman–Crippen MR) is 73.0 cm³/mol. The summed E-state index contributed by atoms with van der Waals surface area (Å²) in [7, 11) is 2.21. The Balaban J connectivity index is 1.78. The van der Waals surface area contributed by atoms with Gasteiger partial charge in [-0.2, -0.15) is 0 Å². The average Bonchev–Trinajstić information content (AvgIpc) is 2.37. The molecule has 19 heavy (non-hydrogen) atoms. The van der Waals surface area contributed by atoms with Crippen LogP contribution in [0.15, 0.2) is 12.4 Å². The fourth-order valence-corrected chi connectivity index (χ4v) is 3.62. The van der Waals surface area contributed by atoms with Gasteiger partial charge in [0.05, 0.1) is 11.9 Å². The minimum atomic E-state index is 0.141. The summed E-state index contributed by atoms with van der Waals surface area (Å²) in [5.74, 6) is 0.337. The van der Waals surface area contributed by atoms with E-state index >= 15 is 0 Å². The van der Waals surface area contributed by atoms with Crippen LogP contribution in [0, 0.1) is 12.8 Å². The molecule has 2 bridgehead atoms. The molecule has 2 fully saturated rings. The summed E-state index contributed by atoms with van der Waals surface area (Å²) in [6.07, 6.45) is 9.06. The molecule has 2 atom stereocenters. The molecule has 3 rings (SSSR count). The minimum Gasteiger partial charge on any atom is -0.300 e. The lowest BCUT2D eigenvalue weighted by Gasteiger charge is -2.46. The van der Waals surface area contributed by atoms with Gasteiger partial charge in [-0.3, -0.25) is 9.78 Å². The highest BCUT2D eigenvalue weighted by molar-refractivity contribution is 5.96. The molecule has 0 radical (unpaired) electrons. The Labute approximate surface area is 114 Å².